The number of Topliss-reactive ketones (excluding diaryl/α,β-unsaturated/α-hetero) is 1. The highest BCUT2D eigenvalue weighted by Crippen LogP contribution is 2.31. The van der Waals surface area contributed by atoms with Crippen LogP contribution in [-0.4, -0.2) is 89.3 Å². The summed E-state index contributed by atoms with van der Waals surface area (Å²) in [6.45, 7) is 0.976. The Labute approximate surface area is 216 Å². The third kappa shape index (κ3) is 6.12. The summed E-state index contributed by atoms with van der Waals surface area (Å²) in [5.74, 6) is -3.07. The van der Waals surface area contributed by atoms with Gasteiger partial charge in [0, 0.05) is 29.2 Å². The predicted molar refractivity (Wildman–Crippen MR) is 138 cm³/mol. The summed E-state index contributed by atoms with van der Waals surface area (Å²) in [4.78, 5) is 58.8. The minimum Gasteiger partial charge on any atom is -0.497 e. The van der Waals surface area contributed by atoms with Gasteiger partial charge in [0.15, 0.2) is 0 Å². The number of nitrogens with one attached hydrogen (secondary N) is 2. The van der Waals surface area contributed by atoms with Crippen molar-refractivity contribution in [2.45, 2.75) is 57.0 Å². The molecule has 0 spiro atoms. The van der Waals surface area contributed by atoms with Gasteiger partial charge in [0.25, 0.3) is 11.7 Å². The molecule has 10 heteroatoms. The Kier molecular flexibility index (Phi) is 8.48. The van der Waals surface area contributed by atoms with E-state index in [1.54, 1.807) is 18.2 Å². The van der Waals surface area contributed by atoms with Gasteiger partial charge >= 0.3 is 5.97 Å². The van der Waals surface area contributed by atoms with Crippen molar-refractivity contribution in [1.29, 1.82) is 0 Å². The topological polar surface area (TPSA) is 132 Å². The van der Waals surface area contributed by atoms with Gasteiger partial charge in [-0.15, -0.1) is 0 Å². The maximum atomic E-state index is 13.7. The molecule has 0 radical (unpaired) electrons. The number of benzene rings is 1. The van der Waals surface area contributed by atoms with E-state index < -0.39 is 30.2 Å². The number of fused-ring (bicyclic) bond motifs is 1. The van der Waals surface area contributed by atoms with Gasteiger partial charge in [-0.1, -0.05) is 19.3 Å². The van der Waals surface area contributed by atoms with Crippen LogP contribution >= 0.6 is 0 Å². The normalized spacial score (nSPS) is 18.3. The molecule has 1 aliphatic heterocycles. The number of nitrogens with zero attached hydrogens (tertiary/aromatic N) is 2. The molecule has 1 saturated heterocycles. The van der Waals surface area contributed by atoms with Gasteiger partial charge in [0.2, 0.25) is 5.91 Å². The number of hydrogen-bond donors (Lipinski definition) is 3. The second-order valence-corrected chi connectivity index (χ2v) is 10.2. The lowest BCUT2D eigenvalue weighted by Gasteiger charge is -2.38. The van der Waals surface area contributed by atoms with Gasteiger partial charge < -0.3 is 29.9 Å². The van der Waals surface area contributed by atoms with Crippen molar-refractivity contribution in [3.05, 3.63) is 30.0 Å². The van der Waals surface area contributed by atoms with Gasteiger partial charge in [0.05, 0.1) is 12.7 Å². The fraction of sp³-hybridized carbons (Fsp3) is 0.556. The zero-order valence-corrected chi connectivity index (χ0v) is 21.5. The number of aliphatic carboxylic acids is 1. The number of ether oxygens (including phenoxy) is 1. The van der Waals surface area contributed by atoms with Gasteiger partial charge in [0.1, 0.15) is 18.3 Å². The van der Waals surface area contributed by atoms with Crippen LogP contribution in [0, 0.1) is 5.92 Å². The Morgan fingerprint density at radius 2 is 1.84 bits per heavy atom. The summed E-state index contributed by atoms with van der Waals surface area (Å²) in [7, 11) is 3.56. The number of aromatic amines is 1. The van der Waals surface area contributed by atoms with Crippen LogP contribution in [0.2, 0.25) is 0 Å². The molecule has 1 saturated carbocycles. The number of H-pyrrole nitrogens is 1. The number of carbonyl (C=O) groups is 4. The minimum atomic E-state index is -1.27. The molecule has 1 atom stereocenters. The van der Waals surface area contributed by atoms with E-state index in [-0.39, 0.29) is 23.4 Å². The summed E-state index contributed by atoms with van der Waals surface area (Å²) < 4.78 is 5.22. The molecule has 37 heavy (non-hydrogen) atoms. The van der Waals surface area contributed by atoms with Crippen molar-refractivity contribution in [3.8, 4) is 5.75 Å². The van der Waals surface area contributed by atoms with Crippen molar-refractivity contribution in [2.24, 2.45) is 5.92 Å². The molecule has 0 bridgehead atoms. The van der Waals surface area contributed by atoms with E-state index in [1.807, 2.05) is 7.05 Å². The van der Waals surface area contributed by atoms with E-state index in [0.29, 0.717) is 29.5 Å². The molecular formula is C27H36N4O6. The highest BCUT2D eigenvalue weighted by molar-refractivity contribution is 6.45. The van der Waals surface area contributed by atoms with Crippen LogP contribution < -0.4 is 10.1 Å². The maximum absolute atomic E-state index is 13.7. The number of methoxy groups -OCH3 is 1. The first kappa shape index (κ1) is 26.7. The standard InChI is InChI=1S/C27H36N4O6/c1-30-12-10-18(11-13-30)29-26(35)24(17-6-4-3-5-7-17)31(16-23(32)33)27(36)25(34)21-15-28-22-14-19(37-2)8-9-20(21)22/h8-9,14-15,17-18,24,28H,3-7,10-13,16H2,1-2H3,(H,29,35)(H,32,33)/t24-/m1/s1. The highest BCUT2D eigenvalue weighted by Gasteiger charge is 2.41. The lowest BCUT2D eigenvalue weighted by molar-refractivity contribution is -0.148. The summed E-state index contributed by atoms with van der Waals surface area (Å²) >= 11 is 0. The largest absolute Gasteiger partial charge is 0.497 e. The Morgan fingerprint density at radius 3 is 2.49 bits per heavy atom. The number of hydrogen-bond acceptors (Lipinski definition) is 6. The first-order valence-corrected chi connectivity index (χ1v) is 13.0. The zero-order valence-electron chi connectivity index (χ0n) is 21.5. The van der Waals surface area contributed by atoms with Gasteiger partial charge in [-0.3, -0.25) is 19.2 Å². The number of rotatable bonds is 9. The van der Waals surface area contributed by atoms with Crippen molar-refractivity contribution < 1.29 is 29.0 Å². The lowest BCUT2D eigenvalue weighted by Crippen LogP contribution is -2.58. The molecule has 4 rings (SSSR count). The fourth-order valence-corrected chi connectivity index (χ4v) is 5.61. The Bertz CT molecular complexity index is 1150. The first-order chi connectivity index (χ1) is 17.8. The molecule has 1 aromatic carbocycles. The van der Waals surface area contributed by atoms with E-state index in [2.05, 4.69) is 15.2 Å². The Balaban J connectivity index is 1.63. The molecule has 1 aromatic heterocycles. The molecule has 2 amide bonds. The summed E-state index contributed by atoms with van der Waals surface area (Å²) in [5, 5.41) is 13.3. The lowest BCUT2D eigenvalue weighted by atomic mass is 9.82. The molecule has 3 N–H and O–H groups in total. The summed E-state index contributed by atoms with van der Waals surface area (Å²) in [6.07, 6.45) is 7.24. The number of piperidine rings is 1. The molecule has 10 nitrogen and oxygen atoms in total. The van der Waals surface area contributed by atoms with Crippen LogP contribution in [0.4, 0.5) is 0 Å². The van der Waals surface area contributed by atoms with Crippen molar-refractivity contribution >= 4 is 34.5 Å². The molecule has 0 unspecified atom stereocenters. The smallest absolute Gasteiger partial charge is 0.323 e. The maximum Gasteiger partial charge on any atom is 0.323 e. The van der Waals surface area contributed by atoms with E-state index in [4.69, 9.17) is 4.74 Å². The third-order valence-corrected chi connectivity index (χ3v) is 7.66. The molecule has 2 aliphatic rings. The number of amides is 2. The van der Waals surface area contributed by atoms with E-state index in [1.165, 1.54) is 13.3 Å². The van der Waals surface area contributed by atoms with Crippen molar-refractivity contribution in [3.63, 3.8) is 0 Å². The number of carboxylic acid groups (broad SMARTS) is 1. The average Bonchev–Trinajstić information content (AvgIpc) is 3.32. The van der Waals surface area contributed by atoms with Crippen LogP contribution in [0.1, 0.15) is 55.3 Å². The average molecular weight is 513 g/mol. The van der Waals surface area contributed by atoms with E-state index in [0.717, 1.165) is 50.1 Å². The van der Waals surface area contributed by atoms with Gasteiger partial charge in [-0.25, -0.2) is 0 Å². The summed E-state index contributed by atoms with van der Waals surface area (Å²) in [5.41, 5.74) is 0.750. The number of carbonyl (C=O) groups excluding carboxylic acids is 3. The monoisotopic (exact) mass is 512 g/mol. The molecule has 2 fully saturated rings. The van der Waals surface area contributed by atoms with Crippen molar-refractivity contribution in [1.82, 2.24) is 20.1 Å². The molecule has 200 valence electrons. The van der Waals surface area contributed by atoms with Gasteiger partial charge in [-0.05, 0) is 63.9 Å². The summed E-state index contributed by atoms with van der Waals surface area (Å²) in [6, 6.07) is 4.02. The molecule has 2 heterocycles. The Hall–Kier alpha value is -3.40. The van der Waals surface area contributed by atoms with Crippen molar-refractivity contribution in [2.75, 3.05) is 33.8 Å². The molecule has 2 aromatic rings. The van der Waals surface area contributed by atoms with Crippen LogP contribution in [0.15, 0.2) is 24.4 Å². The highest BCUT2D eigenvalue weighted by atomic mass is 16.5. The second-order valence-electron chi connectivity index (χ2n) is 10.2. The minimum absolute atomic E-state index is 0.0455. The number of aromatic nitrogens is 1. The predicted octanol–water partition coefficient (Wildman–Crippen LogP) is 2.43. The number of carboxylic acids is 1. The number of ketones is 1. The number of likely N-dealkylation sites (tertiary alicyclic amines) is 1. The van der Waals surface area contributed by atoms with Crippen LogP contribution in [0.25, 0.3) is 10.9 Å². The van der Waals surface area contributed by atoms with E-state index in [9.17, 15) is 24.3 Å². The quantitative estimate of drug-likeness (QED) is 0.347. The fourth-order valence-electron chi connectivity index (χ4n) is 5.61. The van der Waals surface area contributed by atoms with Crippen LogP contribution in [-0.2, 0) is 14.4 Å². The van der Waals surface area contributed by atoms with E-state index >= 15 is 0 Å². The van der Waals surface area contributed by atoms with Crippen LogP contribution in [0.3, 0.4) is 0 Å². The molecular weight excluding hydrogens is 476 g/mol. The second kappa shape index (κ2) is 11.8. The third-order valence-electron chi connectivity index (χ3n) is 7.66. The zero-order chi connectivity index (χ0) is 26.5. The Morgan fingerprint density at radius 1 is 1.14 bits per heavy atom. The van der Waals surface area contributed by atoms with Gasteiger partial charge in [-0.2, -0.15) is 0 Å². The molecule has 1 aliphatic carbocycles. The first-order valence-electron chi connectivity index (χ1n) is 13.0. The van der Waals surface area contributed by atoms with Crippen LogP contribution in [0.5, 0.6) is 5.75 Å². The SMILES string of the molecule is COc1ccc2c(C(=O)C(=O)N(CC(=O)O)[C@@H](C(=O)NC3CCN(C)CC3)C3CCCCC3)c[nH]c2c1.